The van der Waals surface area contributed by atoms with Crippen LogP contribution in [0.3, 0.4) is 0 Å². The molecule has 2 aromatic heterocycles. The Bertz CT molecular complexity index is 660. The van der Waals surface area contributed by atoms with E-state index in [1.807, 2.05) is 13.8 Å². The number of thiocarbonyl (C=S) groups is 1. The van der Waals surface area contributed by atoms with Gasteiger partial charge in [0.05, 0.1) is 17.5 Å². The zero-order valence-electron chi connectivity index (χ0n) is 11.2. The van der Waals surface area contributed by atoms with E-state index in [1.165, 1.54) is 10.9 Å². The molecule has 7 nitrogen and oxygen atoms in total. The number of hydrogen-bond donors (Lipinski definition) is 2. The van der Waals surface area contributed by atoms with Crippen molar-refractivity contribution in [3.63, 3.8) is 0 Å². The van der Waals surface area contributed by atoms with Crippen LogP contribution in [0.15, 0.2) is 6.20 Å². The van der Waals surface area contributed by atoms with Crippen molar-refractivity contribution in [2.45, 2.75) is 19.8 Å². The smallest absolute Gasteiger partial charge is 0.270 e. The van der Waals surface area contributed by atoms with E-state index in [2.05, 4.69) is 20.0 Å². The summed E-state index contributed by atoms with van der Waals surface area (Å²) in [4.78, 5) is 13.0. The van der Waals surface area contributed by atoms with Gasteiger partial charge in [0.15, 0.2) is 0 Å². The van der Waals surface area contributed by atoms with Crippen LogP contribution in [0.5, 0.6) is 0 Å². The van der Waals surface area contributed by atoms with Gasteiger partial charge in [-0.05, 0) is 17.5 Å². The molecule has 0 aliphatic heterocycles. The lowest BCUT2D eigenvalue weighted by atomic mass is 10.1. The SMILES string of the molecule is CC(C)c1nnsc1C(=O)Nc1c(C(N)=S)cnn1C. The van der Waals surface area contributed by atoms with Gasteiger partial charge in [0.1, 0.15) is 15.7 Å². The largest absolute Gasteiger partial charge is 0.389 e. The van der Waals surface area contributed by atoms with Crippen LogP contribution in [0, 0.1) is 0 Å². The molecule has 0 aromatic carbocycles. The maximum atomic E-state index is 12.3. The van der Waals surface area contributed by atoms with Crippen molar-refractivity contribution in [1.29, 1.82) is 0 Å². The number of carbonyl (C=O) groups excluding carboxylic acids is 1. The summed E-state index contributed by atoms with van der Waals surface area (Å²) in [5.41, 5.74) is 6.81. The molecule has 0 fully saturated rings. The van der Waals surface area contributed by atoms with Crippen molar-refractivity contribution in [3.05, 3.63) is 22.3 Å². The molecular weight excluding hydrogens is 296 g/mol. The van der Waals surface area contributed by atoms with Crippen LogP contribution in [0.4, 0.5) is 5.82 Å². The molecule has 2 rings (SSSR count). The average Bonchev–Trinajstić information content (AvgIpc) is 2.97. The minimum Gasteiger partial charge on any atom is -0.389 e. The molecule has 0 aliphatic carbocycles. The number of rotatable bonds is 4. The van der Waals surface area contributed by atoms with Crippen molar-refractivity contribution in [1.82, 2.24) is 19.4 Å². The van der Waals surface area contributed by atoms with E-state index in [-0.39, 0.29) is 16.8 Å². The molecule has 0 bridgehead atoms. The molecule has 3 N–H and O–H groups in total. The number of hydrogen-bond acceptors (Lipinski definition) is 6. The van der Waals surface area contributed by atoms with Gasteiger partial charge in [-0.15, -0.1) is 5.10 Å². The second kappa shape index (κ2) is 5.63. The van der Waals surface area contributed by atoms with Gasteiger partial charge in [-0.1, -0.05) is 30.6 Å². The first-order valence-corrected chi connectivity index (χ1v) is 7.05. The number of aromatic nitrogens is 4. The van der Waals surface area contributed by atoms with E-state index in [9.17, 15) is 4.79 Å². The van der Waals surface area contributed by atoms with E-state index in [1.54, 1.807) is 7.05 Å². The molecule has 0 unspecified atom stereocenters. The van der Waals surface area contributed by atoms with Crippen LogP contribution < -0.4 is 11.1 Å². The molecule has 2 aromatic rings. The summed E-state index contributed by atoms with van der Waals surface area (Å²) >= 11 is 6.00. The van der Waals surface area contributed by atoms with Crippen LogP contribution in [0.1, 0.15) is 40.7 Å². The maximum absolute atomic E-state index is 12.3. The lowest BCUT2D eigenvalue weighted by Crippen LogP contribution is -2.19. The number of nitrogens with two attached hydrogens (primary N) is 1. The van der Waals surface area contributed by atoms with Gasteiger partial charge in [0, 0.05) is 7.05 Å². The van der Waals surface area contributed by atoms with E-state index >= 15 is 0 Å². The number of anilines is 1. The molecule has 0 atom stereocenters. The fraction of sp³-hybridized carbons (Fsp3) is 0.364. The first kappa shape index (κ1) is 14.5. The Labute approximate surface area is 125 Å². The number of nitrogens with zero attached hydrogens (tertiary/aromatic N) is 4. The average molecular weight is 310 g/mol. The standard InChI is InChI=1S/C11H14N6OS2/c1-5(2)7-8(20-16-15-7)11(18)14-10-6(9(12)19)4-13-17(10)3/h4-5H,1-3H3,(H2,12,19)(H,14,18). The quantitative estimate of drug-likeness (QED) is 0.825. The molecule has 0 spiro atoms. The van der Waals surface area contributed by atoms with Gasteiger partial charge in [-0.3, -0.25) is 9.48 Å². The molecule has 1 amide bonds. The normalized spacial score (nSPS) is 10.8. The summed E-state index contributed by atoms with van der Waals surface area (Å²) in [6, 6.07) is 0. The number of amides is 1. The topological polar surface area (TPSA) is 98.7 Å². The Balaban J connectivity index is 2.31. The van der Waals surface area contributed by atoms with Crippen LogP contribution in [-0.4, -0.2) is 30.3 Å². The fourth-order valence-corrected chi connectivity index (χ4v) is 2.53. The van der Waals surface area contributed by atoms with Crippen LogP contribution in [-0.2, 0) is 7.05 Å². The number of aryl methyl sites for hydroxylation is 1. The molecule has 106 valence electrons. The highest BCUT2D eigenvalue weighted by atomic mass is 32.1. The van der Waals surface area contributed by atoms with Gasteiger partial charge >= 0.3 is 0 Å². The van der Waals surface area contributed by atoms with Crippen molar-refractivity contribution in [2.24, 2.45) is 12.8 Å². The molecule has 9 heteroatoms. The fourth-order valence-electron chi connectivity index (χ4n) is 1.66. The molecule has 20 heavy (non-hydrogen) atoms. The molecule has 0 radical (unpaired) electrons. The van der Waals surface area contributed by atoms with E-state index < -0.39 is 0 Å². The highest BCUT2D eigenvalue weighted by Crippen LogP contribution is 2.22. The molecule has 0 aliphatic rings. The van der Waals surface area contributed by atoms with Crippen LogP contribution in [0.2, 0.25) is 0 Å². The summed E-state index contributed by atoms with van der Waals surface area (Å²) in [5.74, 6) is 0.298. The summed E-state index contributed by atoms with van der Waals surface area (Å²) in [5, 5.41) is 10.8. The monoisotopic (exact) mass is 310 g/mol. The lowest BCUT2D eigenvalue weighted by Gasteiger charge is -2.08. The zero-order valence-corrected chi connectivity index (χ0v) is 12.9. The minimum absolute atomic E-state index is 0.121. The van der Waals surface area contributed by atoms with Gasteiger partial charge in [0.25, 0.3) is 5.91 Å². The predicted octanol–water partition coefficient (Wildman–Crippen LogP) is 1.28. The Morgan fingerprint density at radius 2 is 2.25 bits per heavy atom. The third-order valence-corrected chi connectivity index (χ3v) is 3.66. The van der Waals surface area contributed by atoms with E-state index in [4.69, 9.17) is 18.0 Å². The summed E-state index contributed by atoms with van der Waals surface area (Å²) in [7, 11) is 1.70. The highest BCUT2D eigenvalue weighted by molar-refractivity contribution is 7.80. The maximum Gasteiger partial charge on any atom is 0.270 e. The Morgan fingerprint density at radius 3 is 2.85 bits per heavy atom. The summed E-state index contributed by atoms with van der Waals surface area (Å²) in [6.45, 7) is 3.91. The highest BCUT2D eigenvalue weighted by Gasteiger charge is 2.21. The first-order valence-electron chi connectivity index (χ1n) is 5.87. The first-order chi connectivity index (χ1) is 9.41. The van der Waals surface area contributed by atoms with Crippen molar-refractivity contribution in [3.8, 4) is 0 Å². The Kier molecular flexibility index (Phi) is 4.09. The second-order valence-electron chi connectivity index (χ2n) is 4.49. The van der Waals surface area contributed by atoms with E-state index in [0.29, 0.717) is 22.0 Å². The Hall–Kier alpha value is -1.87. The third-order valence-electron chi connectivity index (χ3n) is 2.70. The van der Waals surface area contributed by atoms with Gasteiger partial charge in [-0.2, -0.15) is 5.10 Å². The second-order valence-corrected chi connectivity index (χ2v) is 5.68. The van der Waals surface area contributed by atoms with Crippen LogP contribution >= 0.6 is 23.8 Å². The van der Waals surface area contributed by atoms with E-state index in [0.717, 1.165) is 11.5 Å². The number of carbonyl (C=O) groups is 1. The lowest BCUT2D eigenvalue weighted by molar-refractivity contribution is 0.102. The number of nitrogens with one attached hydrogen (secondary N) is 1. The molecular formula is C11H14N6OS2. The minimum atomic E-state index is -0.287. The van der Waals surface area contributed by atoms with Crippen LogP contribution in [0.25, 0.3) is 0 Å². The van der Waals surface area contributed by atoms with Crippen molar-refractivity contribution < 1.29 is 4.79 Å². The molecule has 0 saturated carbocycles. The van der Waals surface area contributed by atoms with Gasteiger partial charge < -0.3 is 11.1 Å². The molecule has 2 heterocycles. The van der Waals surface area contributed by atoms with Gasteiger partial charge in [0.2, 0.25) is 0 Å². The summed E-state index contributed by atoms with van der Waals surface area (Å²) < 4.78 is 5.34. The third kappa shape index (κ3) is 2.68. The van der Waals surface area contributed by atoms with Crippen molar-refractivity contribution >= 4 is 40.5 Å². The predicted molar refractivity (Wildman–Crippen MR) is 81.0 cm³/mol. The Morgan fingerprint density at radius 1 is 1.55 bits per heavy atom. The molecule has 0 saturated heterocycles. The zero-order chi connectivity index (χ0) is 14.9. The van der Waals surface area contributed by atoms with Gasteiger partial charge in [-0.25, -0.2) is 0 Å². The van der Waals surface area contributed by atoms with Crippen molar-refractivity contribution in [2.75, 3.05) is 5.32 Å². The summed E-state index contributed by atoms with van der Waals surface area (Å²) in [6.07, 6.45) is 1.52.